The van der Waals surface area contributed by atoms with Crippen molar-refractivity contribution in [2.24, 2.45) is 5.92 Å². The highest BCUT2D eigenvalue weighted by Crippen LogP contribution is 2.26. The van der Waals surface area contributed by atoms with E-state index in [2.05, 4.69) is 16.8 Å². The lowest BCUT2D eigenvalue weighted by Gasteiger charge is -2.32. The molecule has 1 aliphatic rings. The van der Waals surface area contributed by atoms with Crippen LogP contribution in [0.3, 0.4) is 0 Å². The van der Waals surface area contributed by atoms with E-state index in [9.17, 15) is 4.79 Å². The standard InChI is InChI=1S/C22H31N3O2/c1-16-15-21(17(2)25(16)19-5-7-20(27-4)8-6-19)22(26)24-13-10-18(11-14-24)9-12-23-3/h5-8,15,18,23H,9-14H2,1-4H3. The first-order valence-corrected chi connectivity index (χ1v) is 9.82. The van der Waals surface area contributed by atoms with Crippen molar-refractivity contribution in [2.75, 3.05) is 33.8 Å². The molecule has 0 radical (unpaired) electrons. The normalized spacial score (nSPS) is 15.2. The first kappa shape index (κ1) is 19.5. The number of carbonyl (C=O) groups is 1. The summed E-state index contributed by atoms with van der Waals surface area (Å²) in [5.74, 6) is 1.72. The second-order valence-corrected chi connectivity index (χ2v) is 7.45. The fourth-order valence-electron chi connectivity index (χ4n) is 4.05. The summed E-state index contributed by atoms with van der Waals surface area (Å²) in [5.41, 5.74) is 3.94. The van der Waals surface area contributed by atoms with Crippen molar-refractivity contribution in [3.8, 4) is 11.4 Å². The van der Waals surface area contributed by atoms with Crippen molar-refractivity contribution in [1.29, 1.82) is 0 Å². The monoisotopic (exact) mass is 369 g/mol. The highest BCUT2D eigenvalue weighted by Gasteiger charge is 2.26. The van der Waals surface area contributed by atoms with Crippen molar-refractivity contribution in [3.05, 3.63) is 47.3 Å². The SMILES string of the molecule is CNCCC1CCN(C(=O)c2cc(C)n(-c3ccc(OC)cc3)c2C)CC1. The smallest absolute Gasteiger partial charge is 0.255 e. The van der Waals surface area contributed by atoms with Gasteiger partial charge >= 0.3 is 0 Å². The zero-order chi connectivity index (χ0) is 19.4. The summed E-state index contributed by atoms with van der Waals surface area (Å²) in [7, 11) is 3.66. The third-order valence-corrected chi connectivity index (χ3v) is 5.70. The third kappa shape index (κ3) is 4.19. The second-order valence-electron chi connectivity index (χ2n) is 7.45. The van der Waals surface area contributed by atoms with Gasteiger partial charge in [0.15, 0.2) is 0 Å². The number of amides is 1. The Morgan fingerprint density at radius 3 is 2.44 bits per heavy atom. The second kappa shape index (κ2) is 8.61. The number of carbonyl (C=O) groups excluding carboxylic acids is 1. The summed E-state index contributed by atoms with van der Waals surface area (Å²) in [6.45, 7) is 6.86. The largest absolute Gasteiger partial charge is 0.497 e. The fraction of sp³-hybridized carbons (Fsp3) is 0.500. The zero-order valence-corrected chi connectivity index (χ0v) is 16.9. The Balaban J connectivity index is 1.75. The number of aryl methyl sites for hydroxylation is 1. The molecule has 27 heavy (non-hydrogen) atoms. The number of nitrogens with one attached hydrogen (secondary N) is 1. The number of likely N-dealkylation sites (tertiary alicyclic amines) is 1. The van der Waals surface area contributed by atoms with Crippen molar-refractivity contribution >= 4 is 5.91 Å². The number of hydrogen-bond donors (Lipinski definition) is 1. The van der Waals surface area contributed by atoms with Gasteiger partial charge in [0.05, 0.1) is 12.7 Å². The van der Waals surface area contributed by atoms with Crippen molar-refractivity contribution < 1.29 is 9.53 Å². The van der Waals surface area contributed by atoms with Gasteiger partial charge in [-0.05, 0) is 83.0 Å². The Morgan fingerprint density at radius 1 is 1.19 bits per heavy atom. The molecular formula is C22H31N3O2. The quantitative estimate of drug-likeness (QED) is 0.847. The van der Waals surface area contributed by atoms with Gasteiger partial charge in [0.2, 0.25) is 0 Å². The van der Waals surface area contributed by atoms with Crippen LogP contribution in [0.5, 0.6) is 5.75 Å². The molecule has 2 aromatic rings. The molecule has 0 bridgehead atoms. The van der Waals surface area contributed by atoms with Gasteiger partial charge in [-0.15, -0.1) is 0 Å². The molecule has 0 aliphatic carbocycles. The lowest BCUT2D eigenvalue weighted by Crippen LogP contribution is -2.39. The summed E-state index contributed by atoms with van der Waals surface area (Å²) in [6, 6.07) is 9.98. The van der Waals surface area contributed by atoms with Crippen LogP contribution in [0, 0.1) is 19.8 Å². The molecule has 1 saturated heterocycles. The van der Waals surface area contributed by atoms with Crippen LogP contribution in [0.15, 0.2) is 30.3 Å². The highest BCUT2D eigenvalue weighted by molar-refractivity contribution is 5.96. The number of hydrogen-bond acceptors (Lipinski definition) is 3. The Kier molecular flexibility index (Phi) is 6.22. The molecular weight excluding hydrogens is 338 g/mol. The number of methoxy groups -OCH3 is 1. The van der Waals surface area contributed by atoms with Crippen LogP contribution in [0.2, 0.25) is 0 Å². The van der Waals surface area contributed by atoms with Gasteiger partial charge in [0.1, 0.15) is 5.75 Å². The van der Waals surface area contributed by atoms with E-state index in [1.54, 1.807) is 7.11 Å². The summed E-state index contributed by atoms with van der Waals surface area (Å²) >= 11 is 0. The van der Waals surface area contributed by atoms with Gasteiger partial charge in [0, 0.05) is 30.2 Å². The molecule has 5 heteroatoms. The molecule has 0 atom stereocenters. The average Bonchev–Trinajstić information content (AvgIpc) is 3.00. The highest BCUT2D eigenvalue weighted by atomic mass is 16.5. The van der Waals surface area contributed by atoms with Crippen LogP contribution < -0.4 is 10.1 Å². The molecule has 2 heterocycles. The molecule has 1 aliphatic heterocycles. The minimum Gasteiger partial charge on any atom is -0.497 e. The summed E-state index contributed by atoms with van der Waals surface area (Å²) in [5, 5.41) is 3.22. The maximum Gasteiger partial charge on any atom is 0.255 e. The van der Waals surface area contributed by atoms with E-state index < -0.39 is 0 Å². The molecule has 1 aromatic heterocycles. The number of nitrogens with zero attached hydrogens (tertiary/aromatic N) is 2. The van der Waals surface area contributed by atoms with Gasteiger partial charge in [-0.1, -0.05) is 0 Å². The molecule has 146 valence electrons. The molecule has 0 unspecified atom stereocenters. The minimum absolute atomic E-state index is 0.162. The zero-order valence-electron chi connectivity index (χ0n) is 16.9. The number of benzene rings is 1. The lowest BCUT2D eigenvalue weighted by molar-refractivity contribution is 0.0686. The Bertz CT molecular complexity index is 772. The van der Waals surface area contributed by atoms with E-state index in [0.29, 0.717) is 0 Å². The number of rotatable bonds is 6. The van der Waals surface area contributed by atoms with E-state index in [-0.39, 0.29) is 5.91 Å². The first-order valence-electron chi connectivity index (χ1n) is 9.82. The van der Waals surface area contributed by atoms with E-state index in [1.165, 1.54) is 6.42 Å². The van der Waals surface area contributed by atoms with Gasteiger partial charge in [-0.2, -0.15) is 0 Å². The molecule has 1 N–H and O–H groups in total. The maximum absolute atomic E-state index is 13.1. The molecule has 1 amide bonds. The molecule has 1 fully saturated rings. The molecule has 3 rings (SSSR count). The topological polar surface area (TPSA) is 46.5 Å². The number of ether oxygens (including phenoxy) is 1. The van der Waals surface area contributed by atoms with Crippen LogP contribution in [-0.2, 0) is 0 Å². The van der Waals surface area contributed by atoms with E-state index in [0.717, 1.165) is 66.8 Å². The Morgan fingerprint density at radius 2 is 1.85 bits per heavy atom. The van der Waals surface area contributed by atoms with Crippen LogP contribution in [0.4, 0.5) is 0 Å². The van der Waals surface area contributed by atoms with Crippen LogP contribution >= 0.6 is 0 Å². The third-order valence-electron chi connectivity index (χ3n) is 5.70. The van der Waals surface area contributed by atoms with Crippen LogP contribution in [0.25, 0.3) is 5.69 Å². The first-order chi connectivity index (χ1) is 13.0. The Labute approximate surface area is 162 Å². The molecule has 0 spiro atoms. The van der Waals surface area contributed by atoms with Gasteiger partial charge in [0.25, 0.3) is 5.91 Å². The van der Waals surface area contributed by atoms with Gasteiger partial charge in [-0.3, -0.25) is 4.79 Å². The molecule has 1 aromatic carbocycles. The number of aromatic nitrogens is 1. The van der Waals surface area contributed by atoms with Crippen LogP contribution in [0.1, 0.15) is 41.0 Å². The predicted molar refractivity (Wildman–Crippen MR) is 109 cm³/mol. The molecule has 0 saturated carbocycles. The minimum atomic E-state index is 0.162. The summed E-state index contributed by atoms with van der Waals surface area (Å²) in [6.07, 6.45) is 3.40. The van der Waals surface area contributed by atoms with Gasteiger partial charge in [-0.25, -0.2) is 0 Å². The van der Waals surface area contributed by atoms with Crippen molar-refractivity contribution in [1.82, 2.24) is 14.8 Å². The average molecular weight is 370 g/mol. The maximum atomic E-state index is 13.1. The van der Waals surface area contributed by atoms with E-state index >= 15 is 0 Å². The summed E-state index contributed by atoms with van der Waals surface area (Å²) < 4.78 is 7.39. The number of piperidine rings is 1. The Hall–Kier alpha value is -2.27. The molecule has 5 nitrogen and oxygen atoms in total. The van der Waals surface area contributed by atoms with Crippen molar-refractivity contribution in [2.45, 2.75) is 33.1 Å². The fourth-order valence-corrected chi connectivity index (χ4v) is 4.05. The summed E-state index contributed by atoms with van der Waals surface area (Å²) in [4.78, 5) is 15.1. The van der Waals surface area contributed by atoms with E-state index in [4.69, 9.17) is 4.74 Å². The van der Waals surface area contributed by atoms with Gasteiger partial charge < -0.3 is 19.5 Å². The predicted octanol–water partition coefficient (Wildman–Crippen LogP) is 3.56. The van der Waals surface area contributed by atoms with Crippen molar-refractivity contribution in [3.63, 3.8) is 0 Å². The lowest BCUT2D eigenvalue weighted by atomic mass is 9.93. The van der Waals surface area contributed by atoms with Crippen LogP contribution in [-0.4, -0.2) is 49.2 Å². The van der Waals surface area contributed by atoms with E-state index in [1.807, 2.05) is 49.2 Å².